The average Bonchev–Trinajstić information content (AvgIpc) is 2.53. The van der Waals surface area contributed by atoms with E-state index < -0.39 is 10.0 Å². The SMILES string of the molecule is CCCNC(=O)c1ccc(Cl)c(S(=O)(=O)N2CCN(C)CC2)c1. The van der Waals surface area contributed by atoms with Crippen molar-refractivity contribution in [2.45, 2.75) is 18.2 Å². The Labute approximate surface area is 142 Å². The first kappa shape index (κ1) is 18.2. The molecule has 1 heterocycles. The second-order valence-electron chi connectivity index (χ2n) is 5.61. The van der Waals surface area contributed by atoms with E-state index in [-0.39, 0.29) is 15.8 Å². The summed E-state index contributed by atoms with van der Waals surface area (Å²) in [5.74, 6) is -0.293. The molecule has 2 rings (SSSR count). The first-order valence-corrected chi connectivity index (χ1v) is 9.44. The fourth-order valence-electron chi connectivity index (χ4n) is 2.35. The number of rotatable bonds is 5. The van der Waals surface area contributed by atoms with Gasteiger partial charge in [-0.2, -0.15) is 4.31 Å². The van der Waals surface area contributed by atoms with Crippen molar-refractivity contribution in [2.75, 3.05) is 39.8 Å². The molecule has 0 saturated carbocycles. The molecule has 0 bridgehead atoms. The Morgan fingerprint density at radius 3 is 2.52 bits per heavy atom. The van der Waals surface area contributed by atoms with Gasteiger partial charge in [-0.25, -0.2) is 8.42 Å². The predicted octanol–water partition coefficient (Wildman–Crippen LogP) is 1.42. The summed E-state index contributed by atoms with van der Waals surface area (Å²) >= 11 is 6.09. The van der Waals surface area contributed by atoms with Gasteiger partial charge < -0.3 is 10.2 Å². The third-order valence-electron chi connectivity index (χ3n) is 3.81. The maximum atomic E-state index is 12.8. The van der Waals surface area contributed by atoms with Gasteiger partial charge >= 0.3 is 0 Å². The number of carbonyl (C=O) groups is 1. The number of benzene rings is 1. The summed E-state index contributed by atoms with van der Waals surface area (Å²) in [5.41, 5.74) is 0.301. The fraction of sp³-hybridized carbons (Fsp3) is 0.533. The molecule has 1 aromatic rings. The van der Waals surface area contributed by atoms with Crippen LogP contribution in [0, 0.1) is 0 Å². The quantitative estimate of drug-likeness (QED) is 0.863. The molecule has 0 radical (unpaired) electrons. The zero-order chi connectivity index (χ0) is 17.0. The lowest BCUT2D eigenvalue weighted by Gasteiger charge is -2.31. The summed E-state index contributed by atoms with van der Waals surface area (Å²) in [4.78, 5) is 14.1. The fourth-order valence-corrected chi connectivity index (χ4v) is 4.27. The van der Waals surface area contributed by atoms with Crippen LogP contribution in [0.15, 0.2) is 23.1 Å². The van der Waals surface area contributed by atoms with Gasteiger partial charge in [0.1, 0.15) is 4.90 Å². The van der Waals surface area contributed by atoms with E-state index in [0.717, 1.165) is 6.42 Å². The van der Waals surface area contributed by atoms with Crippen molar-refractivity contribution in [3.8, 4) is 0 Å². The second-order valence-corrected chi connectivity index (χ2v) is 7.92. The number of sulfonamides is 1. The van der Waals surface area contributed by atoms with Crippen LogP contribution in [0.5, 0.6) is 0 Å². The summed E-state index contributed by atoms with van der Waals surface area (Å²) in [6, 6.07) is 4.36. The third kappa shape index (κ3) is 4.23. The summed E-state index contributed by atoms with van der Waals surface area (Å²) < 4.78 is 27.0. The summed E-state index contributed by atoms with van der Waals surface area (Å²) in [6.45, 7) is 4.68. The van der Waals surface area contributed by atoms with Gasteiger partial charge in [-0.05, 0) is 31.7 Å². The topological polar surface area (TPSA) is 69.7 Å². The highest BCUT2D eigenvalue weighted by Crippen LogP contribution is 2.26. The van der Waals surface area contributed by atoms with Crippen LogP contribution < -0.4 is 5.32 Å². The van der Waals surface area contributed by atoms with E-state index in [1.165, 1.54) is 22.5 Å². The number of nitrogens with zero attached hydrogens (tertiary/aromatic N) is 2. The lowest BCUT2D eigenvalue weighted by Crippen LogP contribution is -2.47. The van der Waals surface area contributed by atoms with Gasteiger partial charge in [-0.1, -0.05) is 18.5 Å². The molecule has 1 fully saturated rings. The summed E-state index contributed by atoms with van der Waals surface area (Å²) in [6.07, 6.45) is 0.811. The Balaban J connectivity index is 2.28. The smallest absolute Gasteiger partial charge is 0.251 e. The normalized spacial score (nSPS) is 17.2. The Morgan fingerprint density at radius 2 is 1.91 bits per heavy atom. The highest BCUT2D eigenvalue weighted by molar-refractivity contribution is 7.89. The molecule has 1 aliphatic rings. The van der Waals surface area contributed by atoms with E-state index in [0.29, 0.717) is 38.3 Å². The molecule has 6 nitrogen and oxygen atoms in total. The van der Waals surface area contributed by atoms with Crippen LogP contribution in [0.3, 0.4) is 0 Å². The van der Waals surface area contributed by atoms with E-state index in [2.05, 4.69) is 10.2 Å². The minimum absolute atomic E-state index is 0.00660. The van der Waals surface area contributed by atoms with Crippen LogP contribution in [-0.2, 0) is 10.0 Å². The number of halogens is 1. The number of hydrogen-bond donors (Lipinski definition) is 1. The zero-order valence-electron chi connectivity index (χ0n) is 13.4. The number of piperazine rings is 1. The molecular weight excluding hydrogens is 338 g/mol. The van der Waals surface area contributed by atoms with Crippen molar-refractivity contribution in [1.82, 2.24) is 14.5 Å². The number of carbonyl (C=O) groups excluding carboxylic acids is 1. The van der Waals surface area contributed by atoms with Crippen LogP contribution in [0.4, 0.5) is 0 Å². The highest BCUT2D eigenvalue weighted by Gasteiger charge is 2.29. The Kier molecular flexibility index (Phi) is 6.02. The molecule has 1 saturated heterocycles. The minimum Gasteiger partial charge on any atom is -0.352 e. The maximum absolute atomic E-state index is 12.8. The van der Waals surface area contributed by atoms with E-state index in [4.69, 9.17) is 11.6 Å². The highest BCUT2D eigenvalue weighted by atomic mass is 35.5. The lowest BCUT2D eigenvalue weighted by atomic mass is 10.2. The molecule has 0 aromatic heterocycles. The molecule has 128 valence electrons. The van der Waals surface area contributed by atoms with E-state index in [9.17, 15) is 13.2 Å². The molecule has 1 amide bonds. The molecule has 8 heteroatoms. The number of amides is 1. The molecule has 1 N–H and O–H groups in total. The third-order valence-corrected chi connectivity index (χ3v) is 6.19. The standard InChI is InChI=1S/C15H22ClN3O3S/c1-3-6-17-15(20)12-4-5-13(16)14(11-12)23(21,22)19-9-7-18(2)8-10-19/h4-5,11H,3,6-10H2,1-2H3,(H,17,20). The largest absolute Gasteiger partial charge is 0.352 e. The summed E-state index contributed by atoms with van der Waals surface area (Å²) in [5, 5.41) is 2.87. The Morgan fingerprint density at radius 1 is 1.26 bits per heavy atom. The van der Waals surface area contributed by atoms with Crippen molar-refractivity contribution in [3.05, 3.63) is 28.8 Å². The molecule has 23 heavy (non-hydrogen) atoms. The zero-order valence-corrected chi connectivity index (χ0v) is 15.0. The lowest BCUT2D eigenvalue weighted by molar-refractivity contribution is 0.0953. The molecule has 0 spiro atoms. The van der Waals surface area contributed by atoms with Crippen molar-refractivity contribution < 1.29 is 13.2 Å². The van der Waals surface area contributed by atoms with Gasteiger partial charge in [0, 0.05) is 38.3 Å². The van der Waals surface area contributed by atoms with Crippen LogP contribution in [0.2, 0.25) is 5.02 Å². The van der Waals surface area contributed by atoms with Gasteiger partial charge in [0.2, 0.25) is 10.0 Å². The molecule has 0 unspecified atom stereocenters. The molecule has 0 atom stereocenters. The average molecular weight is 360 g/mol. The Hall–Kier alpha value is -1.15. The first-order chi connectivity index (χ1) is 10.9. The van der Waals surface area contributed by atoms with E-state index in [1.54, 1.807) is 0 Å². The molecule has 0 aliphatic carbocycles. The summed E-state index contributed by atoms with van der Waals surface area (Å²) in [7, 11) is -1.74. The van der Waals surface area contributed by atoms with Gasteiger partial charge in [0.15, 0.2) is 0 Å². The second kappa shape index (κ2) is 7.61. The predicted molar refractivity (Wildman–Crippen MR) is 90.3 cm³/mol. The van der Waals surface area contributed by atoms with Crippen molar-refractivity contribution in [3.63, 3.8) is 0 Å². The number of likely N-dealkylation sites (N-methyl/N-ethyl adjacent to an activating group) is 1. The van der Waals surface area contributed by atoms with Crippen molar-refractivity contribution in [1.29, 1.82) is 0 Å². The Bertz CT molecular complexity index is 671. The van der Waals surface area contributed by atoms with Crippen molar-refractivity contribution >= 4 is 27.5 Å². The number of hydrogen-bond acceptors (Lipinski definition) is 4. The first-order valence-electron chi connectivity index (χ1n) is 7.62. The maximum Gasteiger partial charge on any atom is 0.251 e. The van der Waals surface area contributed by atoms with Gasteiger partial charge in [0.25, 0.3) is 5.91 Å². The van der Waals surface area contributed by atoms with Crippen molar-refractivity contribution in [2.24, 2.45) is 0 Å². The minimum atomic E-state index is -3.70. The molecular formula is C15H22ClN3O3S. The van der Waals surface area contributed by atoms with Crippen LogP contribution in [0.1, 0.15) is 23.7 Å². The van der Waals surface area contributed by atoms with Crippen LogP contribution >= 0.6 is 11.6 Å². The van der Waals surface area contributed by atoms with E-state index in [1.807, 2.05) is 14.0 Å². The van der Waals surface area contributed by atoms with Gasteiger partial charge in [-0.3, -0.25) is 4.79 Å². The number of nitrogens with one attached hydrogen (secondary N) is 1. The van der Waals surface area contributed by atoms with E-state index >= 15 is 0 Å². The molecule has 1 aromatic carbocycles. The van der Waals surface area contributed by atoms with Gasteiger partial charge in [-0.15, -0.1) is 0 Å². The monoisotopic (exact) mass is 359 g/mol. The molecule has 1 aliphatic heterocycles. The van der Waals surface area contributed by atoms with Crippen LogP contribution in [-0.4, -0.2) is 63.3 Å². The van der Waals surface area contributed by atoms with Gasteiger partial charge in [0.05, 0.1) is 5.02 Å². The van der Waals surface area contributed by atoms with Crippen LogP contribution in [0.25, 0.3) is 0 Å².